The second-order valence-electron chi connectivity index (χ2n) is 11.6. The summed E-state index contributed by atoms with van der Waals surface area (Å²) in [5.74, 6) is -2.50. The van der Waals surface area contributed by atoms with Crippen LogP contribution < -0.4 is 14.5 Å². The van der Waals surface area contributed by atoms with Crippen LogP contribution in [0.15, 0.2) is 60.7 Å². The molecule has 1 aliphatic carbocycles. The maximum atomic E-state index is 12.8. The fourth-order valence-electron chi connectivity index (χ4n) is 5.72. The molecule has 244 valence electrons. The highest BCUT2D eigenvalue weighted by Gasteiger charge is 2.38. The summed E-state index contributed by atoms with van der Waals surface area (Å²) in [6.45, 7) is 4.89. The smallest absolute Gasteiger partial charge is 0.328 e. The zero-order valence-electron chi connectivity index (χ0n) is 27.2. The van der Waals surface area contributed by atoms with Crippen LogP contribution in [0.5, 0.6) is 5.75 Å². The number of nitrogens with zero attached hydrogens (tertiary/aromatic N) is 2. The lowest BCUT2D eigenvalue weighted by molar-refractivity contribution is -0.165. The van der Waals surface area contributed by atoms with E-state index in [0.717, 1.165) is 22.4 Å². The van der Waals surface area contributed by atoms with Gasteiger partial charge in [0.1, 0.15) is 18.8 Å². The van der Waals surface area contributed by atoms with E-state index < -0.39 is 50.6 Å². The molecule has 0 aromatic heterocycles. The van der Waals surface area contributed by atoms with Crippen molar-refractivity contribution in [1.29, 1.82) is 0 Å². The van der Waals surface area contributed by atoms with E-state index in [1.54, 1.807) is 6.07 Å². The molecule has 1 unspecified atom stereocenters. The fourth-order valence-corrected chi connectivity index (χ4v) is 5.72. The number of hydrogen-bond donors (Lipinski definition) is 0. The van der Waals surface area contributed by atoms with Crippen molar-refractivity contribution in [3.05, 3.63) is 88.5 Å². The minimum atomic E-state index is -0.757. The molecule has 11 nitrogen and oxygen atoms in total. The number of rotatable bonds is 12. The molecule has 0 spiro atoms. The van der Waals surface area contributed by atoms with Crippen LogP contribution in [-0.2, 0) is 43.5 Å². The van der Waals surface area contributed by atoms with E-state index in [-0.39, 0.29) is 11.3 Å². The highest BCUT2D eigenvalue weighted by atomic mass is 16.7. The minimum Gasteiger partial charge on any atom is -0.495 e. The molecule has 0 radical (unpaired) electrons. The number of fused-ring (bicyclic) bond motifs is 2. The quantitative estimate of drug-likeness (QED) is 0.207. The number of hydrogen-bond acceptors (Lipinski definition) is 11. The Balaban J connectivity index is 1.80. The lowest BCUT2D eigenvalue weighted by Gasteiger charge is -2.40. The highest BCUT2D eigenvalue weighted by molar-refractivity contribution is 5.83. The Hall–Kier alpha value is -5.06. The average Bonchev–Trinajstić information content (AvgIpc) is 3.00. The number of carbonyl (C=O) groups excluding carboxylic acids is 4. The molecule has 0 bridgehead atoms. The van der Waals surface area contributed by atoms with E-state index in [0.29, 0.717) is 11.4 Å². The van der Waals surface area contributed by atoms with Gasteiger partial charge in [-0.05, 0) is 52.1 Å². The fraction of sp³-hybridized carbons (Fsp3) is 0.371. The molecule has 11 heteroatoms. The van der Waals surface area contributed by atoms with Gasteiger partial charge in [0.2, 0.25) is 13.6 Å². The van der Waals surface area contributed by atoms with Crippen LogP contribution in [-0.4, -0.2) is 71.8 Å². The number of esters is 4. The lowest BCUT2D eigenvalue weighted by Crippen LogP contribution is -2.37. The molecule has 0 amide bonds. The molecule has 0 saturated carbocycles. The molecule has 3 aromatic rings. The van der Waals surface area contributed by atoms with Gasteiger partial charge in [-0.25, -0.2) is 0 Å². The second kappa shape index (κ2) is 14.4. The van der Waals surface area contributed by atoms with Crippen molar-refractivity contribution in [2.45, 2.75) is 39.0 Å². The summed E-state index contributed by atoms with van der Waals surface area (Å²) in [5.41, 5.74) is 6.83. The first-order valence-corrected chi connectivity index (χ1v) is 14.8. The van der Waals surface area contributed by atoms with Gasteiger partial charge in [0.05, 0.1) is 12.8 Å². The first-order chi connectivity index (χ1) is 21.8. The van der Waals surface area contributed by atoms with E-state index in [1.165, 1.54) is 37.0 Å². The van der Waals surface area contributed by atoms with Gasteiger partial charge in [0, 0.05) is 45.0 Å². The highest BCUT2D eigenvalue weighted by Crippen LogP contribution is 2.50. The van der Waals surface area contributed by atoms with Gasteiger partial charge in [0.15, 0.2) is 0 Å². The SMILES string of the molecule is COc1ccc(C2c3ccccc3C(C)(C)c3cc(N(C)C)ccc32)cc1N(CC(=O)OCOC(C)=O)CC(=O)OCOC(C)=O. The third-order valence-corrected chi connectivity index (χ3v) is 7.96. The molecular formula is C35H40N2O9. The Bertz CT molecular complexity index is 1580. The number of benzene rings is 3. The van der Waals surface area contributed by atoms with Crippen molar-refractivity contribution in [3.63, 3.8) is 0 Å². The van der Waals surface area contributed by atoms with Gasteiger partial charge in [-0.2, -0.15) is 0 Å². The number of carbonyl (C=O) groups is 4. The second-order valence-corrected chi connectivity index (χ2v) is 11.6. The normalized spacial score (nSPS) is 14.2. The van der Waals surface area contributed by atoms with Gasteiger partial charge >= 0.3 is 23.9 Å². The topological polar surface area (TPSA) is 121 Å². The Morgan fingerprint density at radius 1 is 0.739 bits per heavy atom. The van der Waals surface area contributed by atoms with Crippen LogP contribution in [0.3, 0.4) is 0 Å². The zero-order valence-corrected chi connectivity index (χ0v) is 27.2. The molecule has 46 heavy (non-hydrogen) atoms. The van der Waals surface area contributed by atoms with Crippen LogP contribution in [0.2, 0.25) is 0 Å². The number of anilines is 2. The van der Waals surface area contributed by atoms with Gasteiger partial charge in [-0.15, -0.1) is 0 Å². The lowest BCUT2D eigenvalue weighted by atomic mass is 9.64. The van der Waals surface area contributed by atoms with E-state index in [4.69, 9.17) is 23.7 Å². The Morgan fingerprint density at radius 2 is 1.33 bits per heavy atom. The summed E-state index contributed by atoms with van der Waals surface area (Å²) < 4.78 is 25.3. The predicted octanol–water partition coefficient (Wildman–Crippen LogP) is 4.51. The maximum absolute atomic E-state index is 12.8. The number of methoxy groups -OCH3 is 1. The average molecular weight is 633 g/mol. The van der Waals surface area contributed by atoms with E-state index in [1.807, 2.05) is 38.4 Å². The summed E-state index contributed by atoms with van der Waals surface area (Å²) in [6, 6.07) is 20.5. The van der Waals surface area contributed by atoms with Crippen molar-refractivity contribution < 1.29 is 42.9 Å². The zero-order chi connectivity index (χ0) is 33.6. The maximum Gasteiger partial charge on any atom is 0.328 e. The monoisotopic (exact) mass is 632 g/mol. The Kier molecular flexibility index (Phi) is 10.6. The Morgan fingerprint density at radius 3 is 1.89 bits per heavy atom. The van der Waals surface area contributed by atoms with E-state index in [9.17, 15) is 19.2 Å². The molecule has 0 fully saturated rings. The van der Waals surface area contributed by atoms with Gasteiger partial charge in [0.25, 0.3) is 0 Å². The van der Waals surface area contributed by atoms with E-state index in [2.05, 4.69) is 49.1 Å². The molecule has 3 aromatic carbocycles. The molecule has 0 saturated heterocycles. The molecule has 1 atom stereocenters. The van der Waals surface area contributed by atoms with Crippen LogP contribution in [0.4, 0.5) is 11.4 Å². The van der Waals surface area contributed by atoms with Crippen LogP contribution in [0.1, 0.15) is 61.4 Å². The summed E-state index contributed by atoms with van der Waals surface area (Å²) in [5, 5.41) is 0. The van der Waals surface area contributed by atoms with Crippen LogP contribution >= 0.6 is 0 Å². The first-order valence-electron chi connectivity index (χ1n) is 14.8. The molecule has 1 aliphatic rings. The van der Waals surface area contributed by atoms with Gasteiger partial charge in [-0.1, -0.05) is 50.2 Å². The minimum absolute atomic E-state index is 0.172. The number of ether oxygens (including phenoxy) is 5. The van der Waals surface area contributed by atoms with Crippen molar-refractivity contribution >= 4 is 35.3 Å². The molecule has 0 N–H and O–H groups in total. The molecule has 4 rings (SSSR count). The third kappa shape index (κ3) is 7.59. The largest absolute Gasteiger partial charge is 0.495 e. The first kappa shape index (κ1) is 33.8. The standard InChI is InChI=1S/C35H40N2O9/c1-22(38)43-20-45-32(40)18-37(19-33(41)46-21-44-23(2)39)30-16-24(12-15-31(30)42-7)34-26-10-8-9-11-28(26)35(3,4)29-17-25(36(5)6)13-14-27(29)34/h8-17,34H,18-21H2,1-7H3. The van der Waals surface area contributed by atoms with Crippen LogP contribution in [0.25, 0.3) is 0 Å². The van der Waals surface area contributed by atoms with Gasteiger partial charge in [-0.3, -0.25) is 19.2 Å². The van der Waals surface area contributed by atoms with E-state index >= 15 is 0 Å². The van der Waals surface area contributed by atoms with Crippen molar-refractivity contribution in [3.8, 4) is 5.75 Å². The predicted molar refractivity (Wildman–Crippen MR) is 171 cm³/mol. The molecule has 0 heterocycles. The molecule has 0 aliphatic heterocycles. The Labute approximate surface area is 268 Å². The van der Waals surface area contributed by atoms with Crippen LogP contribution in [0, 0.1) is 0 Å². The summed E-state index contributed by atoms with van der Waals surface area (Å²) in [4.78, 5) is 51.5. The summed E-state index contributed by atoms with van der Waals surface area (Å²) in [6.07, 6.45) is 0. The summed E-state index contributed by atoms with van der Waals surface area (Å²) >= 11 is 0. The van der Waals surface area contributed by atoms with Gasteiger partial charge < -0.3 is 33.5 Å². The van der Waals surface area contributed by atoms with Crippen molar-refractivity contribution in [2.24, 2.45) is 0 Å². The summed E-state index contributed by atoms with van der Waals surface area (Å²) in [7, 11) is 5.52. The third-order valence-electron chi connectivity index (χ3n) is 7.96. The van der Waals surface area contributed by atoms with Crippen molar-refractivity contribution in [2.75, 3.05) is 57.7 Å². The van der Waals surface area contributed by atoms with Crippen molar-refractivity contribution in [1.82, 2.24) is 0 Å². The molecular weight excluding hydrogens is 592 g/mol.